The summed E-state index contributed by atoms with van der Waals surface area (Å²) in [6.07, 6.45) is 2.24. The van der Waals surface area contributed by atoms with E-state index in [1.165, 1.54) is 5.56 Å². The van der Waals surface area contributed by atoms with Crippen LogP contribution in [0.1, 0.15) is 56.5 Å². The number of fused-ring (bicyclic) bond motifs is 1. The lowest BCUT2D eigenvalue weighted by Gasteiger charge is -2.20. The van der Waals surface area contributed by atoms with Gasteiger partial charge in [0.05, 0.1) is 23.1 Å². The molecule has 0 saturated carbocycles. The van der Waals surface area contributed by atoms with Crippen molar-refractivity contribution in [3.63, 3.8) is 0 Å². The topological polar surface area (TPSA) is 56.2 Å². The molecule has 0 spiro atoms. The van der Waals surface area contributed by atoms with E-state index in [-0.39, 0.29) is 5.97 Å². The second kappa shape index (κ2) is 10.1. The van der Waals surface area contributed by atoms with Crippen LogP contribution in [0.4, 0.5) is 5.95 Å². The van der Waals surface area contributed by atoms with Crippen molar-refractivity contribution in [1.29, 1.82) is 0 Å². The molecule has 0 aliphatic heterocycles. The number of aromatic nitrogens is 2. The predicted molar refractivity (Wildman–Crippen MR) is 139 cm³/mol. The van der Waals surface area contributed by atoms with Gasteiger partial charge in [-0.15, -0.1) is 0 Å². The summed E-state index contributed by atoms with van der Waals surface area (Å²) in [5.74, 6) is 0.592. The monoisotopic (exact) mass is 455 g/mol. The van der Waals surface area contributed by atoms with Gasteiger partial charge in [0, 0.05) is 6.54 Å². The van der Waals surface area contributed by atoms with Crippen molar-refractivity contribution in [3.05, 3.63) is 83.9 Å². The molecule has 0 radical (unpaired) electrons. The number of para-hydroxylation sites is 2. The van der Waals surface area contributed by atoms with Crippen LogP contribution in [0, 0.1) is 0 Å². The number of anilines is 1. The predicted octanol–water partition coefficient (Wildman–Crippen LogP) is 6.92. The van der Waals surface area contributed by atoms with Crippen LogP contribution in [0.3, 0.4) is 0 Å². The largest absolute Gasteiger partial charge is 0.456 e. The Morgan fingerprint density at radius 1 is 0.971 bits per heavy atom. The maximum atomic E-state index is 12.8. The molecule has 176 valence electrons. The van der Waals surface area contributed by atoms with E-state index in [2.05, 4.69) is 47.1 Å². The van der Waals surface area contributed by atoms with Crippen LogP contribution in [0.15, 0.2) is 72.8 Å². The van der Waals surface area contributed by atoms with Gasteiger partial charge in [0.1, 0.15) is 5.60 Å². The van der Waals surface area contributed by atoms with Crippen molar-refractivity contribution in [2.45, 2.75) is 52.7 Å². The number of hydrogen-bond acceptors (Lipinski definition) is 4. The third-order valence-corrected chi connectivity index (χ3v) is 5.62. The van der Waals surface area contributed by atoms with Gasteiger partial charge in [-0.05, 0) is 62.1 Å². The first-order valence-corrected chi connectivity index (χ1v) is 12.0. The second-order valence-corrected chi connectivity index (χ2v) is 9.53. The molecule has 3 aromatic carbocycles. The smallest absolute Gasteiger partial charge is 0.339 e. The zero-order valence-corrected chi connectivity index (χ0v) is 20.5. The Balaban J connectivity index is 1.60. The van der Waals surface area contributed by atoms with Crippen LogP contribution < -0.4 is 5.32 Å². The van der Waals surface area contributed by atoms with Crippen molar-refractivity contribution in [2.24, 2.45) is 0 Å². The molecule has 1 aromatic heterocycles. The molecule has 0 bridgehead atoms. The van der Waals surface area contributed by atoms with Crippen molar-refractivity contribution < 1.29 is 9.53 Å². The maximum Gasteiger partial charge on any atom is 0.339 e. The Morgan fingerprint density at radius 3 is 2.41 bits per heavy atom. The standard InChI is InChI=1S/C29H33N3O2/c1-5-6-19-30-28-31-25-13-9-10-14-26(25)32(28)20-21-15-17-22(18-16-21)23-11-7-8-12-24(23)27(33)34-29(2,3)4/h7-18H,5-6,19-20H2,1-4H3,(H,30,31). The van der Waals surface area contributed by atoms with Crippen molar-refractivity contribution >= 4 is 23.0 Å². The van der Waals surface area contributed by atoms with E-state index in [4.69, 9.17) is 9.72 Å². The molecule has 34 heavy (non-hydrogen) atoms. The van der Waals surface area contributed by atoms with Crippen LogP contribution in [-0.2, 0) is 11.3 Å². The SMILES string of the molecule is CCCCNc1nc2ccccc2n1Cc1ccc(-c2ccccc2C(=O)OC(C)(C)C)cc1. The highest BCUT2D eigenvalue weighted by Gasteiger charge is 2.20. The third-order valence-electron chi connectivity index (χ3n) is 5.62. The highest BCUT2D eigenvalue weighted by atomic mass is 16.6. The summed E-state index contributed by atoms with van der Waals surface area (Å²) < 4.78 is 7.85. The number of hydrogen-bond donors (Lipinski definition) is 1. The number of nitrogens with zero attached hydrogens (tertiary/aromatic N) is 2. The molecule has 0 atom stereocenters. The van der Waals surface area contributed by atoms with Gasteiger partial charge in [-0.2, -0.15) is 0 Å². The first-order chi connectivity index (χ1) is 16.4. The quantitative estimate of drug-likeness (QED) is 0.231. The minimum absolute atomic E-state index is 0.306. The first kappa shape index (κ1) is 23.6. The van der Waals surface area contributed by atoms with Crippen LogP contribution >= 0.6 is 0 Å². The molecule has 0 unspecified atom stereocenters. The van der Waals surface area contributed by atoms with Crippen molar-refractivity contribution in [3.8, 4) is 11.1 Å². The minimum atomic E-state index is -0.537. The summed E-state index contributed by atoms with van der Waals surface area (Å²) >= 11 is 0. The number of carbonyl (C=O) groups excluding carboxylic acids is 1. The van der Waals surface area contributed by atoms with E-state index in [1.807, 2.05) is 63.2 Å². The lowest BCUT2D eigenvalue weighted by atomic mass is 9.98. The number of benzene rings is 3. The molecule has 1 N–H and O–H groups in total. The number of unbranched alkanes of at least 4 members (excludes halogenated alkanes) is 1. The molecule has 5 nitrogen and oxygen atoms in total. The summed E-state index contributed by atoms with van der Waals surface area (Å²) in [4.78, 5) is 17.6. The molecule has 0 saturated heterocycles. The molecule has 0 aliphatic rings. The average Bonchev–Trinajstić information content (AvgIpc) is 3.16. The highest BCUT2D eigenvalue weighted by molar-refractivity contribution is 5.97. The molecule has 0 fully saturated rings. The fraction of sp³-hybridized carbons (Fsp3) is 0.310. The Kier molecular flexibility index (Phi) is 7.01. The van der Waals surface area contributed by atoms with Crippen molar-refractivity contribution in [2.75, 3.05) is 11.9 Å². The average molecular weight is 456 g/mol. The number of esters is 1. The third kappa shape index (κ3) is 5.48. The van der Waals surface area contributed by atoms with E-state index >= 15 is 0 Å². The molecular formula is C29H33N3O2. The van der Waals surface area contributed by atoms with Crippen LogP contribution in [-0.4, -0.2) is 27.7 Å². The molecular weight excluding hydrogens is 422 g/mol. The van der Waals surface area contributed by atoms with Gasteiger partial charge in [-0.3, -0.25) is 0 Å². The zero-order valence-electron chi connectivity index (χ0n) is 20.5. The molecule has 0 aliphatic carbocycles. The van der Waals surface area contributed by atoms with Crippen LogP contribution in [0.5, 0.6) is 0 Å². The Morgan fingerprint density at radius 2 is 1.68 bits per heavy atom. The van der Waals surface area contributed by atoms with Gasteiger partial charge in [0.25, 0.3) is 0 Å². The molecule has 1 heterocycles. The normalized spacial score (nSPS) is 11.5. The van der Waals surface area contributed by atoms with Gasteiger partial charge in [-0.25, -0.2) is 9.78 Å². The number of imidazole rings is 1. The van der Waals surface area contributed by atoms with Gasteiger partial charge in [0.2, 0.25) is 5.95 Å². The molecule has 4 aromatic rings. The Labute approximate surface area is 201 Å². The zero-order chi connectivity index (χ0) is 24.1. The Hall–Kier alpha value is -3.60. The summed E-state index contributed by atoms with van der Waals surface area (Å²) in [6.45, 7) is 9.45. The first-order valence-electron chi connectivity index (χ1n) is 12.0. The van der Waals surface area contributed by atoms with Crippen LogP contribution in [0.25, 0.3) is 22.2 Å². The lowest BCUT2D eigenvalue weighted by molar-refractivity contribution is 0.00704. The Bertz CT molecular complexity index is 1270. The second-order valence-electron chi connectivity index (χ2n) is 9.53. The van der Waals surface area contributed by atoms with Crippen LogP contribution in [0.2, 0.25) is 0 Å². The fourth-order valence-electron chi connectivity index (χ4n) is 3.97. The van der Waals surface area contributed by atoms with E-state index in [9.17, 15) is 4.79 Å². The number of nitrogens with one attached hydrogen (secondary N) is 1. The lowest BCUT2D eigenvalue weighted by Crippen LogP contribution is -2.24. The van der Waals surface area contributed by atoms with E-state index in [1.54, 1.807) is 0 Å². The fourth-order valence-corrected chi connectivity index (χ4v) is 3.97. The summed E-state index contributed by atoms with van der Waals surface area (Å²) in [7, 11) is 0. The van der Waals surface area contributed by atoms with E-state index in [0.29, 0.717) is 12.1 Å². The van der Waals surface area contributed by atoms with Crippen molar-refractivity contribution in [1.82, 2.24) is 9.55 Å². The minimum Gasteiger partial charge on any atom is -0.456 e. The van der Waals surface area contributed by atoms with E-state index < -0.39 is 5.60 Å². The summed E-state index contributed by atoms with van der Waals surface area (Å²) in [5.41, 5.74) is 5.17. The number of carbonyl (C=O) groups is 1. The summed E-state index contributed by atoms with van der Waals surface area (Å²) in [5, 5.41) is 3.50. The molecule has 0 amide bonds. The number of ether oxygens (including phenoxy) is 1. The van der Waals surface area contributed by atoms with Gasteiger partial charge < -0.3 is 14.6 Å². The molecule has 4 rings (SSSR count). The molecule has 5 heteroatoms. The highest BCUT2D eigenvalue weighted by Crippen LogP contribution is 2.27. The van der Waals surface area contributed by atoms with Gasteiger partial charge in [0.15, 0.2) is 0 Å². The summed E-state index contributed by atoms with van der Waals surface area (Å²) in [6, 6.07) is 24.2. The van der Waals surface area contributed by atoms with Gasteiger partial charge >= 0.3 is 5.97 Å². The number of rotatable bonds is 8. The van der Waals surface area contributed by atoms with Gasteiger partial charge in [-0.1, -0.05) is 67.9 Å². The van der Waals surface area contributed by atoms with E-state index in [0.717, 1.165) is 47.5 Å². The maximum absolute atomic E-state index is 12.8.